The largest absolute Gasteiger partial charge is 0.489 e. The molecule has 0 radical (unpaired) electrons. The Balaban J connectivity index is 1.33. The van der Waals surface area contributed by atoms with Crippen molar-refractivity contribution in [3.05, 3.63) is 47.0 Å². The van der Waals surface area contributed by atoms with Crippen molar-refractivity contribution in [1.29, 1.82) is 0 Å². The summed E-state index contributed by atoms with van der Waals surface area (Å²) in [5.41, 5.74) is 5.99. The lowest BCUT2D eigenvalue weighted by molar-refractivity contribution is 0.159. The van der Waals surface area contributed by atoms with Crippen LogP contribution in [0.1, 0.15) is 13.3 Å². The van der Waals surface area contributed by atoms with Crippen molar-refractivity contribution in [3.8, 4) is 11.4 Å². The average molecular weight is 456 g/mol. The molecule has 178 valence electrons. The zero-order chi connectivity index (χ0) is 23.2. The standard InChI is InChI=1S/C23H33N7O3/c1-17(15-28-10-6-18(14-24)16-28)33-20-4-2-19(3-5-20)30-11-7-21(27-23(30)32)26-22(31)29-12-8-25-9-13-29/h2-5,7,11,17-18,25H,6,8-10,12-16,24H2,1H3,(H,26,27,31,32)/t17?,18-/m0/s1. The lowest BCUT2D eigenvalue weighted by Gasteiger charge is -2.27. The van der Waals surface area contributed by atoms with Crippen molar-refractivity contribution in [2.75, 3.05) is 57.7 Å². The predicted molar refractivity (Wildman–Crippen MR) is 127 cm³/mol. The smallest absolute Gasteiger partial charge is 0.354 e. The van der Waals surface area contributed by atoms with E-state index in [0.717, 1.165) is 51.4 Å². The first kappa shape index (κ1) is 23.2. The number of hydrogen-bond donors (Lipinski definition) is 3. The highest BCUT2D eigenvalue weighted by molar-refractivity contribution is 5.88. The summed E-state index contributed by atoms with van der Waals surface area (Å²) >= 11 is 0. The third-order valence-corrected chi connectivity index (χ3v) is 6.11. The number of amides is 2. The number of urea groups is 1. The van der Waals surface area contributed by atoms with Gasteiger partial charge in [-0.25, -0.2) is 9.59 Å². The van der Waals surface area contributed by atoms with Gasteiger partial charge in [-0.2, -0.15) is 4.98 Å². The molecule has 3 heterocycles. The highest BCUT2D eigenvalue weighted by Gasteiger charge is 2.23. The fraction of sp³-hybridized carbons (Fsp3) is 0.522. The van der Waals surface area contributed by atoms with Crippen LogP contribution in [0.5, 0.6) is 5.75 Å². The molecule has 4 N–H and O–H groups in total. The maximum absolute atomic E-state index is 12.5. The number of hydrogen-bond acceptors (Lipinski definition) is 7. The highest BCUT2D eigenvalue weighted by atomic mass is 16.5. The Kier molecular flexibility index (Phi) is 7.58. The number of carbonyl (C=O) groups is 1. The fourth-order valence-electron chi connectivity index (χ4n) is 4.32. The third-order valence-electron chi connectivity index (χ3n) is 6.11. The Morgan fingerprint density at radius 1 is 1.24 bits per heavy atom. The van der Waals surface area contributed by atoms with Crippen LogP contribution in [0, 0.1) is 5.92 Å². The van der Waals surface area contributed by atoms with Gasteiger partial charge in [0.15, 0.2) is 0 Å². The monoisotopic (exact) mass is 455 g/mol. The van der Waals surface area contributed by atoms with Gasteiger partial charge in [-0.1, -0.05) is 0 Å². The van der Waals surface area contributed by atoms with Crippen molar-refractivity contribution >= 4 is 11.8 Å². The molecule has 10 nitrogen and oxygen atoms in total. The molecular weight excluding hydrogens is 422 g/mol. The average Bonchev–Trinajstić information content (AvgIpc) is 3.28. The Hall–Kier alpha value is -2.95. The SMILES string of the molecule is CC(CN1CC[C@@H](CN)C1)Oc1ccc(-n2ccc(NC(=O)N3CCNCC3)nc2=O)cc1. The van der Waals surface area contributed by atoms with Gasteiger partial charge in [0.1, 0.15) is 17.7 Å². The second-order valence-corrected chi connectivity index (χ2v) is 8.70. The molecule has 0 aliphatic carbocycles. The predicted octanol–water partition coefficient (Wildman–Crippen LogP) is 0.718. The van der Waals surface area contributed by atoms with E-state index in [1.54, 1.807) is 17.2 Å². The molecule has 0 spiro atoms. The number of anilines is 1. The summed E-state index contributed by atoms with van der Waals surface area (Å²) < 4.78 is 7.49. The van der Waals surface area contributed by atoms with Crippen LogP contribution in [0.15, 0.2) is 41.3 Å². The van der Waals surface area contributed by atoms with Gasteiger partial charge in [-0.15, -0.1) is 0 Å². The number of aromatic nitrogens is 2. The first-order chi connectivity index (χ1) is 16.0. The molecule has 4 rings (SSSR count). The van der Waals surface area contributed by atoms with Gasteiger partial charge in [0.25, 0.3) is 0 Å². The molecule has 2 fully saturated rings. The second-order valence-electron chi connectivity index (χ2n) is 8.70. The number of rotatable bonds is 7. The van der Waals surface area contributed by atoms with Crippen LogP contribution in [-0.2, 0) is 0 Å². The number of piperazine rings is 1. The molecule has 2 saturated heterocycles. The van der Waals surface area contributed by atoms with Gasteiger partial charge in [0.05, 0.1) is 5.69 Å². The van der Waals surface area contributed by atoms with Crippen molar-refractivity contribution in [2.45, 2.75) is 19.4 Å². The molecule has 10 heteroatoms. The van der Waals surface area contributed by atoms with Gasteiger partial charge in [0, 0.05) is 45.5 Å². The molecule has 2 atom stereocenters. The van der Waals surface area contributed by atoms with Gasteiger partial charge >= 0.3 is 11.7 Å². The van der Waals surface area contributed by atoms with Crippen LogP contribution in [0.3, 0.4) is 0 Å². The van der Waals surface area contributed by atoms with Crippen LogP contribution in [0.25, 0.3) is 5.69 Å². The molecule has 1 aromatic carbocycles. The van der Waals surface area contributed by atoms with Crippen LogP contribution < -0.4 is 26.8 Å². The molecule has 0 saturated carbocycles. The number of nitrogens with zero attached hydrogens (tertiary/aromatic N) is 4. The Morgan fingerprint density at radius 3 is 2.67 bits per heavy atom. The fourth-order valence-corrected chi connectivity index (χ4v) is 4.32. The zero-order valence-electron chi connectivity index (χ0n) is 19.1. The number of nitrogens with one attached hydrogen (secondary N) is 2. The molecule has 33 heavy (non-hydrogen) atoms. The van der Waals surface area contributed by atoms with Crippen molar-refractivity contribution in [3.63, 3.8) is 0 Å². The summed E-state index contributed by atoms with van der Waals surface area (Å²) in [7, 11) is 0. The maximum atomic E-state index is 12.5. The Bertz CT molecular complexity index is 988. The lowest BCUT2D eigenvalue weighted by atomic mass is 10.1. The summed E-state index contributed by atoms with van der Waals surface area (Å²) in [5, 5.41) is 5.90. The molecule has 2 aliphatic rings. The van der Waals surface area contributed by atoms with E-state index in [4.69, 9.17) is 10.5 Å². The topological polar surface area (TPSA) is 118 Å². The maximum Gasteiger partial charge on any atom is 0.354 e. The van der Waals surface area contributed by atoms with Crippen molar-refractivity contribution in [1.82, 2.24) is 24.7 Å². The minimum Gasteiger partial charge on any atom is -0.489 e. The molecule has 1 aromatic heterocycles. The number of carbonyl (C=O) groups excluding carboxylic acids is 1. The highest BCUT2D eigenvalue weighted by Crippen LogP contribution is 2.19. The van der Waals surface area contributed by atoms with Gasteiger partial charge in [-0.3, -0.25) is 14.8 Å². The summed E-state index contributed by atoms with van der Waals surface area (Å²) in [5.74, 6) is 1.58. The first-order valence-electron chi connectivity index (χ1n) is 11.6. The summed E-state index contributed by atoms with van der Waals surface area (Å²) in [6.07, 6.45) is 2.82. The van der Waals surface area contributed by atoms with E-state index in [-0.39, 0.29) is 18.0 Å². The van der Waals surface area contributed by atoms with E-state index < -0.39 is 5.69 Å². The number of benzene rings is 1. The van der Waals surface area contributed by atoms with E-state index >= 15 is 0 Å². The molecule has 2 amide bonds. The van der Waals surface area contributed by atoms with Crippen LogP contribution in [0.2, 0.25) is 0 Å². The van der Waals surface area contributed by atoms with E-state index in [2.05, 4.69) is 27.4 Å². The minimum absolute atomic E-state index is 0.0512. The molecule has 2 aromatic rings. The van der Waals surface area contributed by atoms with Crippen LogP contribution >= 0.6 is 0 Å². The van der Waals surface area contributed by atoms with E-state index in [0.29, 0.717) is 24.7 Å². The molecule has 2 aliphatic heterocycles. The Labute approximate surface area is 193 Å². The summed E-state index contributed by atoms with van der Waals surface area (Å²) in [6, 6.07) is 8.73. The van der Waals surface area contributed by atoms with Crippen molar-refractivity contribution in [2.24, 2.45) is 11.7 Å². The second kappa shape index (κ2) is 10.8. The number of likely N-dealkylation sites (tertiary alicyclic amines) is 1. The molecular formula is C23H33N7O3. The number of ether oxygens (including phenoxy) is 1. The van der Waals surface area contributed by atoms with E-state index in [9.17, 15) is 9.59 Å². The minimum atomic E-state index is -0.460. The summed E-state index contributed by atoms with van der Waals surface area (Å²) in [4.78, 5) is 33.0. The zero-order valence-corrected chi connectivity index (χ0v) is 19.1. The summed E-state index contributed by atoms with van der Waals surface area (Å²) in [6.45, 7) is 8.53. The lowest BCUT2D eigenvalue weighted by Crippen LogP contribution is -2.48. The number of nitrogens with two attached hydrogens (primary N) is 1. The first-order valence-corrected chi connectivity index (χ1v) is 11.6. The third kappa shape index (κ3) is 6.10. The van der Waals surface area contributed by atoms with Crippen LogP contribution in [0.4, 0.5) is 10.6 Å². The van der Waals surface area contributed by atoms with Gasteiger partial charge in [-0.05, 0) is 62.7 Å². The van der Waals surface area contributed by atoms with Gasteiger partial charge in [0.2, 0.25) is 0 Å². The van der Waals surface area contributed by atoms with Gasteiger partial charge < -0.3 is 20.7 Å². The van der Waals surface area contributed by atoms with Crippen LogP contribution in [-0.4, -0.2) is 83.8 Å². The quantitative estimate of drug-likeness (QED) is 0.563. The van der Waals surface area contributed by atoms with E-state index in [1.807, 2.05) is 24.3 Å². The molecule has 0 bridgehead atoms. The Morgan fingerprint density at radius 2 is 2.00 bits per heavy atom. The van der Waals surface area contributed by atoms with E-state index in [1.165, 1.54) is 4.57 Å². The van der Waals surface area contributed by atoms with Crippen molar-refractivity contribution < 1.29 is 9.53 Å². The molecule has 1 unspecified atom stereocenters. The normalized spacial score (nSPS) is 19.9.